The first-order valence-corrected chi connectivity index (χ1v) is 9.85. The Morgan fingerprint density at radius 3 is 2.79 bits per heavy atom. The van der Waals surface area contributed by atoms with Gasteiger partial charge in [-0.25, -0.2) is 13.8 Å². The lowest BCUT2D eigenvalue weighted by Crippen LogP contribution is -2.24. The van der Waals surface area contributed by atoms with E-state index in [0.717, 1.165) is 42.8 Å². The maximum atomic E-state index is 13.7. The number of carbonyl (C=O) groups is 1. The highest BCUT2D eigenvalue weighted by Gasteiger charge is 2.14. The third kappa shape index (κ3) is 4.56. The molecule has 0 aliphatic rings. The highest BCUT2D eigenvalue weighted by Crippen LogP contribution is 2.20. The molecule has 1 N–H and O–H groups in total. The molecule has 8 heteroatoms. The lowest BCUT2D eigenvalue weighted by molar-refractivity contribution is -0.113. The first kappa shape index (κ1) is 20.0. The summed E-state index contributed by atoms with van der Waals surface area (Å²) in [5.41, 5.74) is 0.179. The van der Waals surface area contributed by atoms with Crippen molar-refractivity contribution in [1.82, 2.24) is 9.55 Å². The molecule has 0 aliphatic carbocycles. The Hall–Kier alpha value is -2.74. The summed E-state index contributed by atoms with van der Waals surface area (Å²) in [6.45, 7) is 2.52. The molecule has 1 amide bonds. The van der Waals surface area contributed by atoms with Crippen molar-refractivity contribution in [3.63, 3.8) is 0 Å². The van der Waals surface area contributed by atoms with Crippen LogP contribution in [0.25, 0.3) is 10.9 Å². The highest BCUT2D eigenvalue weighted by atomic mass is 32.2. The maximum absolute atomic E-state index is 13.7. The van der Waals surface area contributed by atoms with E-state index in [9.17, 15) is 18.4 Å². The van der Waals surface area contributed by atoms with Gasteiger partial charge in [0.1, 0.15) is 11.6 Å². The Bertz CT molecular complexity index is 1070. The number of halogens is 2. The number of benzene rings is 2. The van der Waals surface area contributed by atoms with Crippen LogP contribution >= 0.6 is 11.8 Å². The van der Waals surface area contributed by atoms with Gasteiger partial charge in [-0.15, -0.1) is 0 Å². The van der Waals surface area contributed by atoms with E-state index in [2.05, 4.69) is 10.3 Å². The van der Waals surface area contributed by atoms with Crippen LogP contribution in [0.4, 0.5) is 14.5 Å². The topological polar surface area (TPSA) is 64.0 Å². The molecule has 2 aromatic carbocycles. The number of fused-ring (bicyclic) bond motifs is 1. The number of hydrogen-bond donors (Lipinski definition) is 1. The maximum Gasteiger partial charge on any atom is 0.262 e. The number of rotatable bonds is 7. The Morgan fingerprint density at radius 2 is 2.00 bits per heavy atom. The molecule has 0 bridgehead atoms. The van der Waals surface area contributed by atoms with Gasteiger partial charge in [-0.2, -0.15) is 0 Å². The lowest BCUT2D eigenvalue weighted by atomic mass is 10.2. The van der Waals surface area contributed by atoms with Gasteiger partial charge < -0.3 is 5.32 Å². The molecule has 0 atom stereocenters. The van der Waals surface area contributed by atoms with Crippen LogP contribution < -0.4 is 10.9 Å². The van der Waals surface area contributed by atoms with Crippen molar-refractivity contribution in [1.29, 1.82) is 0 Å². The second-order valence-electron chi connectivity index (χ2n) is 6.18. The van der Waals surface area contributed by atoms with Crippen molar-refractivity contribution in [2.75, 3.05) is 11.1 Å². The number of para-hydroxylation sites is 1. The molecule has 3 rings (SSSR count). The third-order valence-electron chi connectivity index (χ3n) is 4.10. The summed E-state index contributed by atoms with van der Waals surface area (Å²) >= 11 is 1.09. The van der Waals surface area contributed by atoms with E-state index in [-0.39, 0.29) is 17.0 Å². The minimum atomic E-state index is -0.719. The van der Waals surface area contributed by atoms with E-state index in [4.69, 9.17) is 0 Å². The smallest absolute Gasteiger partial charge is 0.262 e. The molecule has 1 heterocycles. The molecule has 0 unspecified atom stereocenters. The van der Waals surface area contributed by atoms with Gasteiger partial charge >= 0.3 is 0 Å². The van der Waals surface area contributed by atoms with Gasteiger partial charge in [0.15, 0.2) is 5.16 Å². The minimum Gasteiger partial charge on any atom is -0.323 e. The van der Waals surface area contributed by atoms with Crippen LogP contribution in [0, 0.1) is 11.6 Å². The fourth-order valence-electron chi connectivity index (χ4n) is 2.68. The molecule has 3 aromatic rings. The van der Waals surface area contributed by atoms with Crippen LogP contribution in [-0.4, -0.2) is 21.2 Å². The summed E-state index contributed by atoms with van der Waals surface area (Å²) in [5, 5.41) is 3.29. The molecule has 0 saturated carbocycles. The monoisotopic (exact) mass is 403 g/mol. The van der Waals surface area contributed by atoms with Crippen LogP contribution in [0.1, 0.15) is 19.8 Å². The molecule has 0 spiro atoms. The normalized spacial score (nSPS) is 11.0. The van der Waals surface area contributed by atoms with E-state index in [0.29, 0.717) is 22.6 Å². The highest BCUT2D eigenvalue weighted by molar-refractivity contribution is 7.99. The number of amides is 1. The van der Waals surface area contributed by atoms with Crippen LogP contribution in [0.2, 0.25) is 0 Å². The molecule has 28 heavy (non-hydrogen) atoms. The molecule has 0 radical (unpaired) electrons. The second-order valence-corrected chi connectivity index (χ2v) is 7.13. The summed E-state index contributed by atoms with van der Waals surface area (Å²) in [6.07, 6.45) is 1.71. The first-order chi connectivity index (χ1) is 13.5. The van der Waals surface area contributed by atoms with Gasteiger partial charge in [-0.1, -0.05) is 37.2 Å². The third-order valence-corrected chi connectivity index (χ3v) is 5.07. The SMILES string of the molecule is CCCCn1c(SCC(=O)Nc2cc(F)ccc2F)nc2ccccc2c1=O. The fraction of sp³-hybridized carbons (Fsp3) is 0.250. The number of thioether (sulfide) groups is 1. The van der Waals surface area contributed by atoms with Crippen molar-refractivity contribution in [3.05, 3.63) is 64.5 Å². The van der Waals surface area contributed by atoms with E-state index < -0.39 is 17.5 Å². The molecule has 0 fully saturated rings. The Morgan fingerprint density at radius 1 is 1.21 bits per heavy atom. The van der Waals surface area contributed by atoms with Crippen molar-refractivity contribution in [3.8, 4) is 0 Å². The summed E-state index contributed by atoms with van der Waals surface area (Å²) < 4.78 is 28.5. The molecule has 1 aromatic heterocycles. The van der Waals surface area contributed by atoms with Crippen LogP contribution in [0.5, 0.6) is 0 Å². The average Bonchev–Trinajstić information content (AvgIpc) is 2.69. The van der Waals surface area contributed by atoms with Gasteiger partial charge in [-0.3, -0.25) is 14.2 Å². The van der Waals surface area contributed by atoms with E-state index in [1.165, 1.54) is 0 Å². The van der Waals surface area contributed by atoms with E-state index in [1.54, 1.807) is 28.8 Å². The minimum absolute atomic E-state index is 0.0904. The van der Waals surface area contributed by atoms with E-state index in [1.807, 2.05) is 6.92 Å². The largest absolute Gasteiger partial charge is 0.323 e. The van der Waals surface area contributed by atoms with Crippen molar-refractivity contribution in [2.45, 2.75) is 31.5 Å². The lowest BCUT2D eigenvalue weighted by Gasteiger charge is -2.13. The first-order valence-electron chi connectivity index (χ1n) is 8.87. The molecule has 5 nitrogen and oxygen atoms in total. The number of nitrogens with zero attached hydrogens (tertiary/aromatic N) is 2. The Kier molecular flexibility index (Phi) is 6.41. The summed E-state index contributed by atoms with van der Waals surface area (Å²) in [6, 6.07) is 9.89. The standard InChI is InChI=1S/C20H19F2N3O2S/c1-2-3-10-25-19(27)14-6-4-5-7-16(14)24-20(25)28-12-18(26)23-17-11-13(21)8-9-15(17)22/h4-9,11H,2-3,10,12H2,1H3,(H,23,26). The number of carbonyl (C=O) groups excluding carboxylic acids is 1. The predicted octanol–water partition coefficient (Wildman–Crippen LogP) is 4.21. The molecule has 0 saturated heterocycles. The number of unbranched alkanes of at least 4 members (excludes halogenated alkanes) is 1. The molecule has 0 aliphatic heterocycles. The van der Waals surface area contributed by atoms with Crippen LogP contribution in [-0.2, 0) is 11.3 Å². The van der Waals surface area contributed by atoms with Gasteiger partial charge in [-0.05, 0) is 30.7 Å². The quantitative estimate of drug-likeness (QED) is 0.474. The van der Waals surface area contributed by atoms with Gasteiger partial charge in [0.25, 0.3) is 5.56 Å². The summed E-state index contributed by atoms with van der Waals surface area (Å²) in [5.74, 6) is -1.97. The van der Waals surface area contributed by atoms with Crippen LogP contribution in [0.15, 0.2) is 52.4 Å². The average molecular weight is 403 g/mol. The van der Waals surface area contributed by atoms with Crippen molar-refractivity contribution >= 4 is 34.3 Å². The summed E-state index contributed by atoms with van der Waals surface area (Å²) in [4.78, 5) is 29.5. The molecular formula is C20H19F2N3O2S. The number of anilines is 1. The summed E-state index contributed by atoms with van der Waals surface area (Å²) in [7, 11) is 0. The van der Waals surface area contributed by atoms with Gasteiger partial charge in [0.05, 0.1) is 22.3 Å². The molecule has 146 valence electrons. The zero-order valence-electron chi connectivity index (χ0n) is 15.2. The Labute approximate surface area is 164 Å². The fourth-order valence-corrected chi connectivity index (χ4v) is 3.51. The van der Waals surface area contributed by atoms with Crippen LogP contribution in [0.3, 0.4) is 0 Å². The molecular weight excluding hydrogens is 384 g/mol. The zero-order valence-corrected chi connectivity index (χ0v) is 16.1. The number of nitrogens with one attached hydrogen (secondary N) is 1. The number of hydrogen-bond acceptors (Lipinski definition) is 4. The second kappa shape index (κ2) is 8.97. The van der Waals surface area contributed by atoms with Crippen molar-refractivity contribution in [2.24, 2.45) is 0 Å². The van der Waals surface area contributed by atoms with Crippen molar-refractivity contribution < 1.29 is 13.6 Å². The van der Waals surface area contributed by atoms with Gasteiger partial charge in [0.2, 0.25) is 5.91 Å². The van der Waals surface area contributed by atoms with Gasteiger partial charge in [0, 0.05) is 12.6 Å². The zero-order chi connectivity index (χ0) is 20.1. The predicted molar refractivity (Wildman–Crippen MR) is 107 cm³/mol. The Balaban J connectivity index is 1.81. The number of aromatic nitrogens is 2. The van der Waals surface area contributed by atoms with E-state index >= 15 is 0 Å².